The van der Waals surface area contributed by atoms with Crippen molar-refractivity contribution in [1.29, 1.82) is 0 Å². The van der Waals surface area contributed by atoms with E-state index in [4.69, 9.17) is 9.47 Å². The molecule has 0 saturated carbocycles. The van der Waals surface area contributed by atoms with Gasteiger partial charge in [0.15, 0.2) is 17.2 Å². The lowest BCUT2D eigenvalue weighted by Crippen LogP contribution is -2.26. The van der Waals surface area contributed by atoms with Crippen molar-refractivity contribution < 1.29 is 18.7 Å². The number of nitrogens with one attached hydrogen (secondary N) is 1. The number of methoxy groups -OCH3 is 2. The SMILES string of the molecule is COc1ccnc(C(=O)NCCF)c1OC. The number of alkyl halides is 1. The van der Waals surface area contributed by atoms with Gasteiger partial charge in [-0.3, -0.25) is 4.79 Å². The number of carbonyl (C=O) groups is 1. The molecule has 0 aliphatic rings. The largest absolute Gasteiger partial charge is 0.493 e. The number of carbonyl (C=O) groups excluding carboxylic acids is 1. The Hall–Kier alpha value is -1.85. The lowest BCUT2D eigenvalue weighted by atomic mass is 10.3. The lowest BCUT2D eigenvalue weighted by Gasteiger charge is -2.10. The average molecular weight is 228 g/mol. The third-order valence-electron chi connectivity index (χ3n) is 1.89. The molecule has 0 fully saturated rings. The van der Waals surface area contributed by atoms with Gasteiger partial charge in [0.1, 0.15) is 6.67 Å². The maximum Gasteiger partial charge on any atom is 0.273 e. The normalized spacial score (nSPS) is 9.69. The standard InChI is InChI=1S/C10H13FN2O3/c1-15-7-3-5-12-8(9(7)16-2)10(14)13-6-4-11/h3,5H,4,6H2,1-2H3,(H,13,14). The third kappa shape index (κ3) is 2.59. The topological polar surface area (TPSA) is 60.5 Å². The van der Waals surface area contributed by atoms with E-state index in [-0.39, 0.29) is 18.0 Å². The van der Waals surface area contributed by atoms with E-state index in [0.717, 1.165) is 0 Å². The van der Waals surface area contributed by atoms with Gasteiger partial charge in [-0.05, 0) is 0 Å². The number of aromatic nitrogens is 1. The average Bonchev–Trinajstić information content (AvgIpc) is 2.34. The summed E-state index contributed by atoms with van der Waals surface area (Å²) in [6.07, 6.45) is 1.42. The first-order chi connectivity index (χ1) is 7.74. The molecule has 0 aromatic carbocycles. The van der Waals surface area contributed by atoms with Crippen molar-refractivity contribution in [3.05, 3.63) is 18.0 Å². The Morgan fingerprint density at radius 1 is 1.50 bits per heavy atom. The van der Waals surface area contributed by atoms with Gasteiger partial charge in [-0.15, -0.1) is 0 Å². The first kappa shape index (κ1) is 12.2. The first-order valence-electron chi connectivity index (χ1n) is 4.65. The molecule has 1 N–H and O–H groups in total. The molecule has 1 heterocycles. The van der Waals surface area contributed by atoms with Gasteiger partial charge in [0.2, 0.25) is 0 Å². The Kier molecular flexibility index (Phi) is 4.50. The summed E-state index contributed by atoms with van der Waals surface area (Å²) in [5.41, 5.74) is 0.0790. The summed E-state index contributed by atoms with van der Waals surface area (Å²) in [6, 6.07) is 1.57. The monoisotopic (exact) mass is 228 g/mol. The fourth-order valence-corrected chi connectivity index (χ4v) is 1.19. The summed E-state index contributed by atoms with van der Waals surface area (Å²) in [7, 11) is 2.87. The van der Waals surface area contributed by atoms with Crippen LogP contribution in [0.1, 0.15) is 10.5 Å². The van der Waals surface area contributed by atoms with Crippen LogP contribution >= 0.6 is 0 Å². The van der Waals surface area contributed by atoms with Gasteiger partial charge in [0, 0.05) is 18.8 Å². The van der Waals surface area contributed by atoms with E-state index in [1.807, 2.05) is 0 Å². The van der Waals surface area contributed by atoms with Gasteiger partial charge >= 0.3 is 0 Å². The molecule has 1 amide bonds. The predicted octanol–water partition coefficient (Wildman–Crippen LogP) is 0.798. The second-order valence-corrected chi connectivity index (χ2v) is 2.84. The van der Waals surface area contributed by atoms with Crippen molar-refractivity contribution in [1.82, 2.24) is 10.3 Å². The Bertz CT molecular complexity index is 371. The summed E-state index contributed by atoms with van der Waals surface area (Å²) in [4.78, 5) is 15.4. The molecule has 16 heavy (non-hydrogen) atoms. The summed E-state index contributed by atoms with van der Waals surface area (Å²) in [5.74, 6) is 0.151. The molecule has 0 bridgehead atoms. The second kappa shape index (κ2) is 5.89. The molecule has 0 aliphatic carbocycles. The molecule has 0 atom stereocenters. The van der Waals surface area contributed by atoms with Crippen LogP contribution in [-0.2, 0) is 0 Å². The Labute approximate surface area is 92.6 Å². The van der Waals surface area contributed by atoms with Gasteiger partial charge in [0.25, 0.3) is 5.91 Å². The molecule has 0 aliphatic heterocycles. The quantitative estimate of drug-likeness (QED) is 0.809. The lowest BCUT2D eigenvalue weighted by molar-refractivity contribution is 0.0941. The maximum atomic E-state index is 11.9. The second-order valence-electron chi connectivity index (χ2n) is 2.84. The zero-order chi connectivity index (χ0) is 12.0. The van der Waals surface area contributed by atoms with Crippen molar-refractivity contribution in [2.45, 2.75) is 0 Å². The number of amides is 1. The van der Waals surface area contributed by atoms with Gasteiger partial charge in [-0.1, -0.05) is 0 Å². The first-order valence-corrected chi connectivity index (χ1v) is 4.65. The molecule has 0 unspecified atom stereocenters. The van der Waals surface area contributed by atoms with Crippen LogP contribution in [0.2, 0.25) is 0 Å². The molecule has 1 aromatic rings. The number of nitrogens with zero attached hydrogens (tertiary/aromatic N) is 1. The van der Waals surface area contributed by atoms with Gasteiger partial charge in [-0.2, -0.15) is 0 Å². The van der Waals surface area contributed by atoms with Crippen molar-refractivity contribution >= 4 is 5.91 Å². The summed E-state index contributed by atoms with van der Waals surface area (Å²) in [5, 5.41) is 2.36. The van der Waals surface area contributed by atoms with Crippen molar-refractivity contribution in [3.8, 4) is 11.5 Å². The van der Waals surface area contributed by atoms with Crippen molar-refractivity contribution in [2.24, 2.45) is 0 Å². The van der Waals surface area contributed by atoms with Crippen LogP contribution in [0.5, 0.6) is 11.5 Å². The Morgan fingerprint density at radius 3 is 2.81 bits per heavy atom. The zero-order valence-electron chi connectivity index (χ0n) is 9.12. The van der Waals surface area contributed by atoms with E-state index >= 15 is 0 Å². The third-order valence-corrected chi connectivity index (χ3v) is 1.89. The summed E-state index contributed by atoms with van der Waals surface area (Å²) < 4.78 is 21.9. The van der Waals surface area contributed by atoms with Crippen LogP contribution in [0.3, 0.4) is 0 Å². The van der Waals surface area contributed by atoms with Crippen LogP contribution in [-0.4, -0.2) is 38.3 Å². The van der Waals surface area contributed by atoms with Crippen molar-refractivity contribution in [2.75, 3.05) is 27.4 Å². The van der Waals surface area contributed by atoms with E-state index in [2.05, 4.69) is 10.3 Å². The smallest absolute Gasteiger partial charge is 0.273 e. The van der Waals surface area contributed by atoms with Crippen LogP contribution in [0.25, 0.3) is 0 Å². The molecule has 0 radical (unpaired) electrons. The molecule has 5 nitrogen and oxygen atoms in total. The van der Waals surface area contributed by atoms with E-state index in [1.54, 1.807) is 6.07 Å². The molecule has 6 heteroatoms. The number of hydrogen-bond acceptors (Lipinski definition) is 4. The Morgan fingerprint density at radius 2 is 2.25 bits per heavy atom. The van der Waals surface area contributed by atoms with Crippen LogP contribution < -0.4 is 14.8 Å². The molecule has 0 spiro atoms. The number of halogens is 1. The van der Waals surface area contributed by atoms with Gasteiger partial charge < -0.3 is 14.8 Å². The highest BCUT2D eigenvalue weighted by Gasteiger charge is 2.17. The molecular formula is C10H13FN2O3. The molecule has 88 valence electrons. The van der Waals surface area contributed by atoms with E-state index in [9.17, 15) is 9.18 Å². The minimum atomic E-state index is -0.627. The fourth-order valence-electron chi connectivity index (χ4n) is 1.19. The van der Waals surface area contributed by atoms with E-state index in [0.29, 0.717) is 5.75 Å². The van der Waals surface area contributed by atoms with Crippen molar-refractivity contribution in [3.63, 3.8) is 0 Å². The highest BCUT2D eigenvalue weighted by molar-refractivity contribution is 5.95. The minimum Gasteiger partial charge on any atom is -0.493 e. The van der Waals surface area contributed by atoms with Gasteiger partial charge in [0.05, 0.1) is 14.2 Å². The molecule has 1 rings (SSSR count). The minimum absolute atomic E-state index is 0.0547. The number of hydrogen-bond donors (Lipinski definition) is 1. The zero-order valence-corrected chi connectivity index (χ0v) is 9.12. The van der Waals surface area contributed by atoms with Crippen LogP contribution in [0.4, 0.5) is 4.39 Å². The highest BCUT2D eigenvalue weighted by atomic mass is 19.1. The fraction of sp³-hybridized carbons (Fsp3) is 0.400. The number of ether oxygens (including phenoxy) is 2. The van der Waals surface area contributed by atoms with E-state index in [1.165, 1.54) is 20.4 Å². The summed E-state index contributed by atoms with van der Waals surface area (Å²) >= 11 is 0. The Balaban J connectivity index is 2.98. The molecular weight excluding hydrogens is 215 g/mol. The predicted molar refractivity (Wildman–Crippen MR) is 55.6 cm³/mol. The number of pyridine rings is 1. The van der Waals surface area contributed by atoms with Crippen LogP contribution in [0.15, 0.2) is 12.3 Å². The molecule has 0 saturated heterocycles. The molecule has 1 aromatic heterocycles. The number of rotatable bonds is 5. The van der Waals surface area contributed by atoms with E-state index < -0.39 is 12.6 Å². The van der Waals surface area contributed by atoms with Gasteiger partial charge in [-0.25, -0.2) is 9.37 Å². The maximum absolute atomic E-state index is 11.9. The summed E-state index contributed by atoms with van der Waals surface area (Å²) in [6.45, 7) is -0.682. The van der Waals surface area contributed by atoms with Crippen LogP contribution in [0, 0.1) is 0 Å². The highest BCUT2D eigenvalue weighted by Crippen LogP contribution is 2.28.